The van der Waals surface area contributed by atoms with Gasteiger partial charge in [-0.1, -0.05) is 37.3 Å². The zero-order valence-electron chi connectivity index (χ0n) is 26.5. The van der Waals surface area contributed by atoms with Gasteiger partial charge in [-0.05, 0) is 99.1 Å². The zero-order valence-corrected chi connectivity index (χ0v) is 26.5. The standard InChI is InChI=1S/C36H45FN2O4/c1-21(2)39(22(3)4)20-28-16-26(12-14-29(28)30-18-34(41-6)38-19-31(30)37)32-15-13-24-8-11-27(17-33(24)43-32)35(25-9-10-25)23(5)36(40)42-7/h8,11-12,14,16-19,21-23,25,32,35H,9-10,13,15,20H2,1-7H3/t23?,32-,35?/m0/s1. The number of hydrogen-bond acceptors (Lipinski definition) is 6. The number of methoxy groups -OCH3 is 2. The number of halogens is 1. The minimum absolute atomic E-state index is 0.123. The Labute approximate surface area is 255 Å². The maximum atomic E-state index is 15.2. The molecule has 6 nitrogen and oxygen atoms in total. The molecule has 2 heterocycles. The highest BCUT2D eigenvalue weighted by molar-refractivity contribution is 5.73. The molecule has 2 aromatic carbocycles. The van der Waals surface area contributed by atoms with Crippen molar-refractivity contribution in [1.82, 2.24) is 9.88 Å². The van der Waals surface area contributed by atoms with Crippen molar-refractivity contribution in [3.8, 4) is 22.8 Å². The molecule has 43 heavy (non-hydrogen) atoms. The van der Waals surface area contributed by atoms with E-state index in [1.165, 1.54) is 18.9 Å². The molecule has 1 fully saturated rings. The number of aryl methyl sites for hydroxylation is 1. The number of pyridine rings is 1. The van der Waals surface area contributed by atoms with Crippen LogP contribution in [-0.4, -0.2) is 42.2 Å². The predicted octanol–water partition coefficient (Wildman–Crippen LogP) is 7.88. The van der Waals surface area contributed by atoms with Crippen molar-refractivity contribution >= 4 is 5.97 Å². The van der Waals surface area contributed by atoms with Crippen LogP contribution < -0.4 is 9.47 Å². The Kier molecular flexibility index (Phi) is 9.40. The molecule has 0 amide bonds. The molecule has 1 saturated carbocycles. The minimum Gasteiger partial charge on any atom is -0.485 e. The monoisotopic (exact) mass is 588 g/mol. The van der Waals surface area contributed by atoms with E-state index in [4.69, 9.17) is 14.2 Å². The molecule has 0 saturated heterocycles. The summed E-state index contributed by atoms with van der Waals surface area (Å²) in [6.07, 6.45) is 5.12. The fourth-order valence-electron chi connectivity index (χ4n) is 6.69. The van der Waals surface area contributed by atoms with Gasteiger partial charge in [0.25, 0.3) is 0 Å². The molecule has 0 spiro atoms. The number of rotatable bonds is 11. The van der Waals surface area contributed by atoms with E-state index in [-0.39, 0.29) is 29.7 Å². The lowest BCUT2D eigenvalue weighted by Gasteiger charge is -2.32. The van der Waals surface area contributed by atoms with Crippen molar-refractivity contribution in [1.29, 1.82) is 0 Å². The topological polar surface area (TPSA) is 60.9 Å². The lowest BCUT2D eigenvalue weighted by molar-refractivity contribution is -0.145. The fourth-order valence-corrected chi connectivity index (χ4v) is 6.69. The summed E-state index contributed by atoms with van der Waals surface area (Å²) in [5.41, 5.74) is 5.75. The molecular weight excluding hydrogens is 543 g/mol. The molecule has 2 unspecified atom stereocenters. The van der Waals surface area contributed by atoms with Gasteiger partial charge in [-0.3, -0.25) is 9.69 Å². The Bertz CT molecular complexity index is 1440. The second kappa shape index (κ2) is 13.0. The Morgan fingerprint density at radius 3 is 2.40 bits per heavy atom. The van der Waals surface area contributed by atoms with Gasteiger partial charge < -0.3 is 14.2 Å². The molecule has 230 valence electrons. The van der Waals surface area contributed by atoms with Gasteiger partial charge >= 0.3 is 5.97 Å². The maximum absolute atomic E-state index is 15.2. The number of fused-ring (bicyclic) bond motifs is 1. The average molecular weight is 589 g/mol. The summed E-state index contributed by atoms with van der Waals surface area (Å²) in [7, 11) is 3.00. The fraction of sp³-hybridized carbons (Fsp3) is 0.500. The van der Waals surface area contributed by atoms with Crippen LogP contribution in [0.25, 0.3) is 11.1 Å². The van der Waals surface area contributed by atoms with Crippen molar-refractivity contribution in [3.05, 3.63) is 76.7 Å². The molecule has 0 N–H and O–H groups in total. The highest BCUT2D eigenvalue weighted by Crippen LogP contribution is 2.48. The number of carbonyl (C=O) groups excluding carboxylic acids is 1. The van der Waals surface area contributed by atoms with Crippen molar-refractivity contribution < 1.29 is 23.4 Å². The zero-order chi connectivity index (χ0) is 30.8. The normalized spacial score (nSPS) is 17.9. The summed E-state index contributed by atoms with van der Waals surface area (Å²) in [6.45, 7) is 11.4. The summed E-state index contributed by atoms with van der Waals surface area (Å²) in [5.74, 6) is 1.14. The first kappa shape index (κ1) is 31.0. The van der Waals surface area contributed by atoms with E-state index in [2.05, 4.69) is 67.9 Å². The van der Waals surface area contributed by atoms with Gasteiger partial charge in [0.15, 0.2) is 0 Å². The summed E-state index contributed by atoms with van der Waals surface area (Å²) in [5, 5.41) is 0. The highest BCUT2D eigenvalue weighted by Gasteiger charge is 2.39. The number of carbonyl (C=O) groups is 1. The van der Waals surface area contributed by atoms with Gasteiger partial charge in [-0.25, -0.2) is 9.37 Å². The molecule has 2 aliphatic rings. The van der Waals surface area contributed by atoms with Crippen LogP contribution in [0.1, 0.15) is 88.2 Å². The van der Waals surface area contributed by atoms with Crippen LogP contribution >= 0.6 is 0 Å². The molecule has 0 radical (unpaired) electrons. The number of benzene rings is 2. The second-order valence-corrected chi connectivity index (χ2v) is 12.7. The quantitative estimate of drug-likeness (QED) is 0.212. The number of ether oxygens (including phenoxy) is 3. The summed E-state index contributed by atoms with van der Waals surface area (Å²) >= 11 is 0. The van der Waals surface area contributed by atoms with Crippen LogP contribution in [0.15, 0.2) is 48.7 Å². The number of aromatic nitrogens is 1. The summed E-state index contributed by atoms with van der Waals surface area (Å²) < 4.78 is 32.3. The van der Waals surface area contributed by atoms with Gasteiger partial charge in [0.1, 0.15) is 17.7 Å². The van der Waals surface area contributed by atoms with Gasteiger partial charge in [-0.15, -0.1) is 0 Å². The molecule has 1 aliphatic carbocycles. The predicted molar refractivity (Wildman–Crippen MR) is 167 cm³/mol. The van der Waals surface area contributed by atoms with Crippen LogP contribution in [0.2, 0.25) is 0 Å². The lowest BCUT2D eigenvalue weighted by Crippen LogP contribution is -2.36. The molecule has 0 bridgehead atoms. The van der Waals surface area contributed by atoms with Crippen molar-refractivity contribution in [2.75, 3.05) is 14.2 Å². The molecule has 3 atom stereocenters. The third-order valence-electron chi connectivity index (χ3n) is 9.17. The van der Waals surface area contributed by atoms with Gasteiger partial charge in [-0.2, -0.15) is 0 Å². The minimum atomic E-state index is -0.378. The molecule has 3 aromatic rings. The SMILES string of the molecule is COC(=O)C(C)C(c1ccc2c(c1)O[C@H](c1ccc(-c3cc(OC)ncc3F)c(CN(C(C)C)C(C)C)c1)CC2)C1CC1. The van der Waals surface area contributed by atoms with E-state index in [1.807, 2.05) is 13.0 Å². The Hall–Kier alpha value is -3.45. The first-order valence-corrected chi connectivity index (χ1v) is 15.6. The van der Waals surface area contributed by atoms with Crippen molar-refractivity contribution in [2.24, 2.45) is 11.8 Å². The van der Waals surface area contributed by atoms with Gasteiger partial charge in [0.05, 0.1) is 26.3 Å². The van der Waals surface area contributed by atoms with Crippen LogP contribution in [0.3, 0.4) is 0 Å². The van der Waals surface area contributed by atoms with Crippen LogP contribution in [0, 0.1) is 17.7 Å². The van der Waals surface area contributed by atoms with E-state index in [0.717, 1.165) is 53.7 Å². The Balaban J connectivity index is 1.49. The van der Waals surface area contributed by atoms with Crippen LogP contribution in [-0.2, 0) is 22.5 Å². The molecule has 5 rings (SSSR count). The van der Waals surface area contributed by atoms with Crippen LogP contribution in [0.4, 0.5) is 4.39 Å². The lowest BCUT2D eigenvalue weighted by atomic mass is 9.82. The van der Waals surface area contributed by atoms with Crippen LogP contribution in [0.5, 0.6) is 11.6 Å². The van der Waals surface area contributed by atoms with Gasteiger partial charge in [0.2, 0.25) is 5.88 Å². The van der Waals surface area contributed by atoms with E-state index in [0.29, 0.717) is 36.0 Å². The number of hydrogen-bond donors (Lipinski definition) is 0. The van der Waals surface area contributed by atoms with Crippen molar-refractivity contribution in [2.45, 2.75) is 91.0 Å². The molecular formula is C36H45FN2O4. The van der Waals surface area contributed by atoms with E-state index >= 15 is 4.39 Å². The number of nitrogens with zero attached hydrogens (tertiary/aromatic N) is 2. The van der Waals surface area contributed by atoms with E-state index < -0.39 is 0 Å². The number of esters is 1. The van der Waals surface area contributed by atoms with Gasteiger partial charge in [0, 0.05) is 30.3 Å². The first-order chi connectivity index (χ1) is 20.6. The average Bonchev–Trinajstić information content (AvgIpc) is 3.84. The maximum Gasteiger partial charge on any atom is 0.309 e. The second-order valence-electron chi connectivity index (χ2n) is 12.7. The third-order valence-corrected chi connectivity index (χ3v) is 9.17. The third kappa shape index (κ3) is 6.72. The summed E-state index contributed by atoms with van der Waals surface area (Å²) in [4.78, 5) is 18.9. The van der Waals surface area contributed by atoms with E-state index in [9.17, 15) is 4.79 Å². The largest absolute Gasteiger partial charge is 0.485 e. The molecule has 1 aromatic heterocycles. The van der Waals surface area contributed by atoms with E-state index in [1.54, 1.807) is 13.2 Å². The Morgan fingerprint density at radius 1 is 1.00 bits per heavy atom. The van der Waals surface area contributed by atoms with Crippen molar-refractivity contribution in [3.63, 3.8) is 0 Å². The smallest absolute Gasteiger partial charge is 0.309 e. The first-order valence-electron chi connectivity index (χ1n) is 15.6. The molecule has 1 aliphatic heterocycles. The Morgan fingerprint density at radius 2 is 1.74 bits per heavy atom. The molecule has 7 heteroatoms. The highest BCUT2D eigenvalue weighted by atomic mass is 19.1. The summed E-state index contributed by atoms with van der Waals surface area (Å²) in [6, 6.07) is 15.0.